The maximum atomic E-state index is 11.8. The smallest absolute Gasteiger partial charge is 0.190 e. The number of fused-ring (bicyclic) bond motifs is 2. The Morgan fingerprint density at radius 1 is 0.744 bits per heavy atom. The predicted octanol–water partition coefficient (Wildman–Crippen LogP) is 3.18. The molecule has 2 aromatic carbocycles. The zero-order valence-electron chi connectivity index (χ0n) is 24.8. The molecule has 0 spiro atoms. The molecule has 5 aliphatic heterocycles. The molecular weight excluding hydrogens is 560 g/mol. The van der Waals surface area contributed by atoms with E-state index in [0.29, 0.717) is 6.61 Å². The quantitative estimate of drug-likeness (QED) is 0.506. The lowest BCUT2D eigenvalue weighted by Crippen LogP contribution is -2.64. The minimum Gasteiger partial charge on any atom is -0.387 e. The standard InChI is InChI=1S/C32H40O11/c1-31(2)36-17-21(41-31)24-26(27-30(39-24)43-32(3,4)42-27)40-29-25(34-15-18-11-7-5-8-12-18)22(33)23-20(37-29)16-35-28(38-23)19-13-9-6-10-14-19/h5-14,20-30,33H,15-17H2,1-4H3/t20-,21-,22+,23-,24-,25+,26+,27-,28?,29+,30-/m1/s1. The van der Waals surface area contributed by atoms with Gasteiger partial charge in [0, 0.05) is 5.56 Å². The van der Waals surface area contributed by atoms with Crippen molar-refractivity contribution in [3.8, 4) is 0 Å². The van der Waals surface area contributed by atoms with E-state index in [9.17, 15) is 5.11 Å². The summed E-state index contributed by atoms with van der Waals surface area (Å²) in [6.07, 6.45) is -7.86. The highest BCUT2D eigenvalue weighted by atomic mass is 16.9. The van der Waals surface area contributed by atoms with Crippen molar-refractivity contribution in [2.45, 2.75) is 114 Å². The molecule has 5 saturated heterocycles. The molecule has 0 radical (unpaired) electrons. The zero-order chi connectivity index (χ0) is 29.8. The molecule has 5 heterocycles. The number of benzene rings is 2. The van der Waals surface area contributed by atoms with Gasteiger partial charge in [-0.15, -0.1) is 0 Å². The van der Waals surface area contributed by atoms with Gasteiger partial charge in [0.1, 0.15) is 48.8 Å². The van der Waals surface area contributed by atoms with Crippen LogP contribution in [0.25, 0.3) is 0 Å². The van der Waals surface area contributed by atoms with Gasteiger partial charge in [0.15, 0.2) is 30.4 Å². The van der Waals surface area contributed by atoms with Crippen LogP contribution >= 0.6 is 0 Å². The third-order valence-corrected chi connectivity index (χ3v) is 8.38. The molecule has 7 rings (SSSR count). The fourth-order valence-electron chi connectivity index (χ4n) is 6.39. The third kappa shape index (κ3) is 6.14. The Hall–Kier alpha value is -2.00. The molecule has 1 N–H and O–H groups in total. The summed E-state index contributed by atoms with van der Waals surface area (Å²) < 4.78 is 62.5. The molecular formula is C32H40O11. The predicted molar refractivity (Wildman–Crippen MR) is 148 cm³/mol. The SMILES string of the molecule is CC1(C)O[C@H]2O[C@H]([C@H]3COC(C)(C)O3)[C@H](O[C@@H]3O[C@@H]4COC(c5ccccc5)O[C@H]4[C@H](O)[C@@H]3OCc3ccccc3)[C@H]2O1. The Balaban J connectivity index is 1.14. The Morgan fingerprint density at radius 3 is 2.21 bits per heavy atom. The fourth-order valence-corrected chi connectivity index (χ4v) is 6.39. The molecule has 11 nitrogen and oxygen atoms in total. The van der Waals surface area contributed by atoms with E-state index >= 15 is 0 Å². The van der Waals surface area contributed by atoms with Crippen molar-refractivity contribution in [2.24, 2.45) is 0 Å². The second-order valence-corrected chi connectivity index (χ2v) is 12.5. The number of aliphatic hydroxyl groups is 1. The van der Waals surface area contributed by atoms with Crippen LogP contribution in [0.1, 0.15) is 45.1 Å². The summed E-state index contributed by atoms with van der Waals surface area (Å²) in [6.45, 7) is 8.12. The first-order chi connectivity index (χ1) is 20.7. The van der Waals surface area contributed by atoms with Crippen molar-refractivity contribution in [3.63, 3.8) is 0 Å². The number of rotatable bonds is 7. The normalized spacial score (nSPS) is 41.6. The molecule has 11 atom stereocenters. The van der Waals surface area contributed by atoms with Gasteiger partial charge >= 0.3 is 0 Å². The van der Waals surface area contributed by atoms with Crippen LogP contribution in [-0.4, -0.2) is 91.3 Å². The average molecular weight is 601 g/mol. The van der Waals surface area contributed by atoms with Crippen LogP contribution in [0.15, 0.2) is 60.7 Å². The molecule has 0 amide bonds. The number of hydrogen-bond acceptors (Lipinski definition) is 11. The molecule has 0 aromatic heterocycles. The summed E-state index contributed by atoms with van der Waals surface area (Å²) >= 11 is 0. The van der Waals surface area contributed by atoms with Gasteiger partial charge in [-0.25, -0.2) is 0 Å². The topological polar surface area (TPSA) is 113 Å². The van der Waals surface area contributed by atoms with Gasteiger partial charge < -0.3 is 52.5 Å². The molecule has 234 valence electrons. The molecule has 0 aliphatic carbocycles. The summed E-state index contributed by atoms with van der Waals surface area (Å²) in [5, 5.41) is 11.8. The Kier molecular flexibility index (Phi) is 8.11. The number of aliphatic hydroxyl groups excluding tert-OH is 1. The molecule has 11 heteroatoms. The van der Waals surface area contributed by atoms with Gasteiger partial charge in [-0.2, -0.15) is 0 Å². The number of hydrogen-bond donors (Lipinski definition) is 1. The lowest BCUT2D eigenvalue weighted by atomic mass is 9.97. The van der Waals surface area contributed by atoms with Crippen molar-refractivity contribution < 1.29 is 52.5 Å². The largest absolute Gasteiger partial charge is 0.387 e. The van der Waals surface area contributed by atoms with E-state index in [1.165, 1.54) is 0 Å². The summed E-state index contributed by atoms with van der Waals surface area (Å²) in [6, 6.07) is 19.3. The molecule has 1 unspecified atom stereocenters. The summed E-state index contributed by atoms with van der Waals surface area (Å²) in [4.78, 5) is 0. The molecule has 2 aromatic rings. The van der Waals surface area contributed by atoms with E-state index in [0.717, 1.165) is 11.1 Å². The monoisotopic (exact) mass is 600 g/mol. The van der Waals surface area contributed by atoms with Crippen LogP contribution in [0.5, 0.6) is 0 Å². The van der Waals surface area contributed by atoms with E-state index < -0.39 is 79.3 Å². The minimum atomic E-state index is -1.08. The highest BCUT2D eigenvalue weighted by molar-refractivity contribution is 5.17. The van der Waals surface area contributed by atoms with Crippen molar-refractivity contribution in [1.29, 1.82) is 0 Å². The fraction of sp³-hybridized carbons (Fsp3) is 0.625. The first kappa shape index (κ1) is 29.7. The minimum absolute atomic E-state index is 0.198. The lowest BCUT2D eigenvalue weighted by Gasteiger charge is -2.48. The van der Waals surface area contributed by atoms with Gasteiger partial charge in [-0.1, -0.05) is 60.7 Å². The Morgan fingerprint density at radius 2 is 1.49 bits per heavy atom. The summed E-state index contributed by atoms with van der Waals surface area (Å²) in [5.74, 6) is -1.64. The molecule has 0 bridgehead atoms. The Labute approximate surface area is 251 Å². The van der Waals surface area contributed by atoms with E-state index in [4.69, 9.17) is 47.4 Å². The maximum Gasteiger partial charge on any atom is 0.190 e. The van der Waals surface area contributed by atoms with Crippen LogP contribution in [0.4, 0.5) is 0 Å². The average Bonchev–Trinajstić information content (AvgIpc) is 3.62. The van der Waals surface area contributed by atoms with E-state index in [1.54, 1.807) is 0 Å². The van der Waals surface area contributed by atoms with Crippen LogP contribution in [0, 0.1) is 0 Å². The van der Waals surface area contributed by atoms with E-state index in [1.807, 2.05) is 88.4 Å². The van der Waals surface area contributed by atoms with E-state index in [-0.39, 0.29) is 13.2 Å². The van der Waals surface area contributed by atoms with Gasteiger partial charge in [0.2, 0.25) is 0 Å². The maximum absolute atomic E-state index is 11.8. The van der Waals surface area contributed by atoms with Crippen LogP contribution in [0.3, 0.4) is 0 Å². The molecule has 0 saturated carbocycles. The molecule has 5 aliphatic rings. The van der Waals surface area contributed by atoms with Gasteiger partial charge in [-0.3, -0.25) is 0 Å². The second-order valence-electron chi connectivity index (χ2n) is 12.5. The first-order valence-electron chi connectivity index (χ1n) is 15.0. The first-order valence-corrected chi connectivity index (χ1v) is 15.0. The third-order valence-electron chi connectivity index (χ3n) is 8.38. The van der Waals surface area contributed by atoms with Gasteiger partial charge in [0.25, 0.3) is 0 Å². The van der Waals surface area contributed by atoms with Gasteiger partial charge in [0.05, 0.1) is 19.8 Å². The van der Waals surface area contributed by atoms with Crippen molar-refractivity contribution in [2.75, 3.05) is 13.2 Å². The Bertz CT molecular complexity index is 1230. The van der Waals surface area contributed by atoms with Crippen LogP contribution in [0.2, 0.25) is 0 Å². The molecule has 43 heavy (non-hydrogen) atoms. The van der Waals surface area contributed by atoms with Crippen molar-refractivity contribution in [3.05, 3.63) is 71.8 Å². The molecule has 5 fully saturated rings. The second kappa shape index (κ2) is 11.7. The lowest BCUT2D eigenvalue weighted by molar-refractivity contribution is -0.376. The highest BCUT2D eigenvalue weighted by Crippen LogP contribution is 2.44. The van der Waals surface area contributed by atoms with E-state index in [2.05, 4.69) is 0 Å². The zero-order valence-corrected chi connectivity index (χ0v) is 24.8. The summed E-state index contributed by atoms with van der Waals surface area (Å²) in [7, 11) is 0. The highest BCUT2D eigenvalue weighted by Gasteiger charge is 2.61. The number of ether oxygens (including phenoxy) is 10. The van der Waals surface area contributed by atoms with Crippen molar-refractivity contribution >= 4 is 0 Å². The van der Waals surface area contributed by atoms with Crippen molar-refractivity contribution in [1.82, 2.24) is 0 Å². The van der Waals surface area contributed by atoms with Crippen LogP contribution < -0.4 is 0 Å². The van der Waals surface area contributed by atoms with Gasteiger partial charge in [-0.05, 0) is 33.3 Å². The summed E-state index contributed by atoms with van der Waals surface area (Å²) in [5.41, 5.74) is 1.80. The van der Waals surface area contributed by atoms with Crippen LogP contribution in [-0.2, 0) is 54.0 Å².